The van der Waals surface area contributed by atoms with Gasteiger partial charge >= 0.3 is 11.7 Å². The number of carboxylic acid groups (broad SMARTS) is 1. The molecular formula is C14H14N6O4S2. The van der Waals surface area contributed by atoms with Crippen molar-refractivity contribution in [1.29, 1.82) is 0 Å². The molecule has 26 heavy (non-hydrogen) atoms. The molecule has 4 heterocycles. The van der Waals surface area contributed by atoms with Crippen molar-refractivity contribution in [3.63, 3.8) is 0 Å². The molecule has 0 saturated carbocycles. The molecule has 3 N–H and O–H groups in total. The lowest BCUT2D eigenvalue weighted by Crippen LogP contribution is -2.68. The minimum absolute atomic E-state index is 0.00701. The van der Waals surface area contributed by atoms with Gasteiger partial charge in [0, 0.05) is 18.6 Å². The molecule has 0 aromatic carbocycles. The fraction of sp³-hybridized carbons (Fsp3) is 0.357. The number of carbonyl (C=O) groups excluding carboxylic acids is 1. The molecule has 1 saturated heterocycles. The summed E-state index contributed by atoms with van der Waals surface area (Å²) in [6.45, 7) is 0. The van der Waals surface area contributed by atoms with Crippen LogP contribution in [0.1, 0.15) is 0 Å². The van der Waals surface area contributed by atoms with Crippen molar-refractivity contribution in [2.45, 2.75) is 16.4 Å². The third kappa shape index (κ3) is 2.52. The van der Waals surface area contributed by atoms with E-state index in [2.05, 4.69) is 10.2 Å². The Kier molecular flexibility index (Phi) is 4.04. The third-order valence-electron chi connectivity index (χ3n) is 4.19. The van der Waals surface area contributed by atoms with Gasteiger partial charge in [0.1, 0.15) is 22.1 Å². The number of aromatic nitrogens is 4. The number of nitrogens with two attached hydrogens (primary N) is 1. The first-order chi connectivity index (χ1) is 12.4. The normalized spacial score (nSPS) is 22.5. The maximum atomic E-state index is 11.9. The molecule has 2 aliphatic rings. The number of carbonyl (C=O) groups is 2. The molecule has 12 heteroatoms. The highest BCUT2D eigenvalue weighted by Gasteiger charge is 2.51. The number of fused-ring (bicyclic) bond motifs is 2. The van der Waals surface area contributed by atoms with Gasteiger partial charge in [-0.05, 0) is 17.7 Å². The maximum absolute atomic E-state index is 11.9. The van der Waals surface area contributed by atoms with Gasteiger partial charge in [0.25, 0.3) is 0 Å². The lowest BCUT2D eigenvalue weighted by atomic mass is 10.0. The summed E-state index contributed by atoms with van der Waals surface area (Å²) in [7, 11) is 1.54. The van der Waals surface area contributed by atoms with Gasteiger partial charge in [-0.15, -0.1) is 28.6 Å². The zero-order chi connectivity index (χ0) is 18.6. The van der Waals surface area contributed by atoms with Gasteiger partial charge in [-0.3, -0.25) is 9.69 Å². The van der Waals surface area contributed by atoms with Crippen molar-refractivity contribution in [3.05, 3.63) is 33.9 Å². The Balaban J connectivity index is 1.60. The lowest BCUT2D eigenvalue weighted by molar-refractivity contribution is -0.147. The molecule has 136 valence electrons. The van der Waals surface area contributed by atoms with E-state index < -0.39 is 12.0 Å². The Morgan fingerprint density at radius 1 is 1.42 bits per heavy atom. The average molecular weight is 394 g/mol. The molecule has 0 spiro atoms. The quantitative estimate of drug-likeness (QED) is 0.499. The molecule has 1 unspecified atom stereocenters. The number of carboxylic acids is 1. The van der Waals surface area contributed by atoms with E-state index >= 15 is 0 Å². The molecule has 2 aromatic rings. The summed E-state index contributed by atoms with van der Waals surface area (Å²) < 4.78 is 2.39. The summed E-state index contributed by atoms with van der Waals surface area (Å²) in [5, 5.41) is 18.0. The second-order valence-corrected chi connectivity index (χ2v) is 7.93. The van der Waals surface area contributed by atoms with Crippen LogP contribution in [0, 0.1) is 0 Å². The topological polar surface area (TPSA) is 136 Å². The van der Waals surface area contributed by atoms with Gasteiger partial charge in [-0.2, -0.15) is 9.61 Å². The maximum Gasteiger partial charge on any atom is 0.366 e. The molecule has 1 fully saturated rings. The largest absolute Gasteiger partial charge is 0.477 e. The van der Waals surface area contributed by atoms with Crippen molar-refractivity contribution in [1.82, 2.24) is 24.3 Å². The van der Waals surface area contributed by atoms with E-state index in [-0.39, 0.29) is 22.7 Å². The second kappa shape index (κ2) is 6.14. The van der Waals surface area contributed by atoms with Crippen LogP contribution in [-0.4, -0.2) is 64.2 Å². The Bertz CT molecular complexity index is 1030. The monoisotopic (exact) mass is 394 g/mol. The molecule has 2 atom stereocenters. The Hall–Kier alpha value is -2.31. The molecule has 1 amide bonds. The van der Waals surface area contributed by atoms with Gasteiger partial charge in [0.15, 0.2) is 5.65 Å². The Labute approximate surface area is 155 Å². The second-order valence-electron chi connectivity index (χ2n) is 5.83. The molecular weight excluding hydrogens is 380 g/mol. The number of amides is 1. The molecule has 0 bridgehead atoms. The molecule has 10 nitrogen and oxygen atoms in total. The number of β-lactam (4-membered cyclic amide) rings is 1. The van der Waals surface area contributed by atoms with Gasteiger partial charge in [0.2, 0.25) is 5.91 Å². The molecule has 0 radical (unpaired) electrons. The fourth-order valence-electron chi connectivity index (χ4n) is 2.88. The number of rotatable bonds is 4. The number of aryl methyl sites for hydroxylation is 1. The predicted molar refractivity (Wildman–Crippen MR) is 94.7 cm³/mol. The van der Waals surface area contributed by atoms with Crippen LogP contribution in [0.25, 0.3) is 5.65 Å². The van der Waals surface area contributed by atoms with Gasteiger partial charge in [0.05, 0.1) is 0 Å². The summed E-state index contributed by atoms with van der Waals surface area (Å²) in [6, 6.07) is 2.74. The zero-order valence-electron chi connectivity index (χ0n) is 13.5. The molecule has 2 aliphatic heterocycles. The van der Waals surface area contributed by atoms with E-state index in [0.717, 1.165) is 0 Å². The highest BCUT2D eigenvalue weighted by molar-refractivity contribution is 8.01. The number of aliphatic carboxylic acids is 1. The van der Waals surface area contributed by atoms with E-state index in [1.54, 1.807) is 12.1 Å². The van der Waals surface area contributed by atoms with Crippen molar-refractivity contribution < 1.29 is 14.7 Å². The average Bonchev–Trinajstić information content (AvgIpc) is 2.92. The molecule has 2 aromatic heterocycles. The van der Waals surface area contributed by atoms with Crippen LogP contribution in [0.5, 0.6) is 0 Å². The van der Waals surface area contributed by atoms with Crippen molar-refractivity contribution in [2.75, 3.05) is 11.5 Å². The van der Waals surface area contributed by atoms with Crippen LogP contribution in [0.4, 0.5) is 0 Å². The summed E-state index contributed by atoms with van der Waals surface area (Å²) >= 11 is 2.75. The van der Waals surface area contributed by atoms with Crippen LogP contribution in [0.2, 0.25) is 0 Å². The number of thioether (sulfide) groups is 2. The number of nitrogens with zero attached hydrogens (tertiary/aromatic N) is 5. The molecule has 0 aliphatic carbocycles. The van der Waals surface area contributed by atoms with Crippen LogP contribution >= 0.6 is 23.5 Å². The summed E-state index contributed by atoms with van der Waals surface area (Å²) in [4.78, 5) is 36.8. The smallest absolute Gasteiger partial charge is 0.366 e. The molecule has 4 rings (SSSR count). The van der Waals surface area contributed by atoms with Crippen molar-refractivity contribution in [3.8, 4) is 0 Å². The lowest BCUT2D eigenvalue weighted by Gasteiger charge is -2.48. The van der Waals surface area contributed by atoms with Crippen molar-refractivity contribution in [2.24, 2.45) is 12.8 Å². The van der Waals surface area contributed by atoms with Crippen LogP contribution in [0.3, 0.4) is 0 Å². The Morgan fingerprint density at radius 2 is 2.19 bits per heavy atom. The summed E-state index contributed by atoms with van der Waals surface area (Å²) in [5.41, 5.74) is 6.45. The van der Waals surface area contributed by atoms with Gasteiger partial charge in [-0.25, -0.2) is 14.3 Å². The first kappa shape index (κ1) is 17.1. The predicted octanol–water partition coefficient (Wildman–Crippen LogP) is -0.899. The van der Waals surface area contributed by atoms with Crippen LogP contribution in [-0.2, 0) is 16.6 Å². The van der Waals surface area contributed by atoms with Crippen molar-refractivity contribution >= 4 is 41.0 Å². The minimum atomic E-state index is -1.14. The highest BCUT2D eigenvalue weighted by Crippen LogP contribution is 2.40. The van der Waals surface area contributed by atoms with E-state index in [4.69, 9.17) is 5.73 Å². The first-order valence-corrected chi connectivity index (χ1v) is 9.63. The SMILES string of the molecule is Cn1nc2ccc(SCC3=C(C(=O)O)N4C(=O)C(N)[C@@H]4SC3)nn2c1=O. The van der Waals surface area contributed by atoms with E-state index in [1.807, 2.05) is 0 Å². The van der Waals surface area contributed by atoms with E-state index in [1.165, 1.54) is 44.7 Å². The van der Waals surface area contributed by atoms with Gasteiger partial charge in [-0.1, -0.05) is 0 Å². The summed E-state index contributed by atoms with van der Waals surface area (Å²) in [6.07, 6.45) is 0. The number of hydrogen-bond donors (Lipinski definition) is 2. The summed E-state index contributed by atoms with van der Waals surface area (Å²) in [5.74, 6) is -0.693. The zero-order valence-corrected chi connectivity index (χ0v) is 15.2. The highest BCUT2D eigenvalue weighted by atomic mass is 32.2. The number of hydrogen-bond acceptors (Lipinski definition) is 8. The first-order valence-electron chi connectivity index (χ1n) is 7.60. The van der Waals surface area contributed by atoms with E-state index in [0.29, 0.717) is 27.8 Å². The van der Waals surface area contributed by atoms with E-state index in [9.17, 15) is 19.5 Å². The van der Waals surface area contributed by atoms with Gasteiger partial charge < -0.3 is 10.8 Å². The third-order valence-corrected chi connectivity index (χ3v) is 6.55. The fourth-order valence-corrected chi connectivity index (χ4v) is 5.17. The van der Waals surface area contributed by atoms with Crippen LogP contribution in [0.15, 0.2) is 33.2 Å². The van der Waals surface area contributed by atoms with Crippen LogP contribution < -0.4 is 11.4 Å². The standard InChI is InChI=1S/C14H14N6O4S2/c1-18-14(24)20-7(16-18)2-3-8(17-20)25-4-6-5-26-12-9(15)11(21)19(12)10(6)13(22)23/h2-3,9,12H,4-5,15H2,1H3,(H,22,23)/t9?,12-/m0/s1. The minimum Gasteiger partial charge on any atom is -0.477 e. The Morgan fingerprint density at radius 3 is 2.92 bits per heavy atom.